The van der Waals surface area contributed by atoms with E-state index < -0.39 is 5.69 Å². The Morgan fingerprint density at radius 2 is 2.00 bits per heavy atom. The number of nitrogens with one attached hydrogen (secondary N) is 1. The minimum atomic E-state index is -0.411. The van der Waals surface area contributed by atoms with Gasteiger partial charge in [-0.05, 0) is 36.3 Å². The first-order chi connectivity index (χ1) is 12.5. The molecule has 0 aromatic carbocycles. The molecule has 1 amide bonds. The Bertz CT molecular complexity index is 905. The van der Waals surface area contributed by atoms with Crippen molar-refractivity contribution in [1.82, 2.24) is 14.5 Å². The Morgan fingerprint density at radius 3 is 2.73 bits per heavy atom. The van der Waals surface area contributed by atoms with Gasteiger partial charge in [0.25, 0.3) is 5.56 Å². The fourth-order valence-electron chi connectivity index (χ4n) is 3.78. The van der Waals surface area contributed by atoms with Crippen molar-refractivity contribution < 1.29 is 4.79 Å². The fraction of sp³-hybridized carbons (Fsp3) is 0.500. The van der Waals surface area contributed by atoms with Crippen LogP contribution < -0.4 is 16.1 Å². The van der Waals surface area contributed by atoms with Gasteiger partial charge in [0.1, 0.15) is 5.82 Å². The van der Waals surface area contributed by atoms with Crippen LogP contribution in [0.25, 0.3) is 0 Å². The molecule has 4 rings (SSSR count). The number of aromatic amines is 1. The molecule has 1 fully saturated rings. The number of carbonyl (C=O) groups is 1. The molecule has 0 radical (unpaired) electrons. The van der Waals surface area contributed by atoms with Crippen LogP contribution in [0, 0.1) is 5.92 Å². The number of nitrogens with zero attached hydrogens (tertiary/aromatic N) is 3. The third kappa shape index (κ3) is 3.09. The van der Waals surface area contributed by atoms with Gasteiger partial charge >= 0.3 is 5.69 Å². The molecule has 8 heteroatoms. The van der Waals surface area contributed by atoms with E-state index in [4.69, 9.17) is 0 Å². The lowest BCUT2D eigenvalue weighted by Gasteiger charge is -2.36. The summed E-state index contributed by atoms with van der Waals surface area (Å²) in [5.41, 5.74) is 0.553. The zero-order valence-corrected chi connectivity index (χ0v) is 15.6. The third-order valence-electron chi connectivity index (χ3n) is 5.43. The molecular weight excluding hydrogens is 352 g/mol. The van der Waals surface area contributed by atoms with Crippen molar-refractivity contribution in [3.63, 3.8) is 0 Å². The topological polar surface area (TPSA) is 78.4 Å². The van der Waals surface area contributed by atoms with E-state index >= 15 is 0 Å². The molecule has 0 spiro atoms. The fourth-order valence-corrected chi connectivity index (χ4v) is 4.67. The van der Waals surface area contributed by atoms with E-state index in [1.54, 1.807) is 11.3 Å². The first-order valence-electron chi connectivity index (χ1n) is 8.92. The van der Waals surface area contributed by atoms with Crippen LogP contribution in [0.2, 0.25) is 0 Å². The second-order valence-corrected chi connectivity index (χ2v) is 8.00. The number of fused-ring (bicyclic) bond motifs is 1. The summed E-state index contributed by atoms with van der Waals surface area (Å²) < 4.78 is 1.05. The molecule has 26 heavy (non-hydrogen) atoms. The number of piperidine rings is 1. The zero-order chi connectivity index (χ0) is 18.3. The molecule has 0 saturated carbocycles. The van der Waals surface area contributed by atoms with Gasteiger partial charge in [-0.3, -0.25) is 19.1 Å². The molecule has 2 aromatic heterocycles. The van der Waals surface area contributed by atoms with E-state index in [2.05, 4.69) is 16.4 Å². The summed E-state index contributed by atoms with van der Waals surface area (Å²) in [5, 5.41) is 2.10. The molecule has 2 aromatic rings. The maximum atomic E-state index is 12.9. The van der Waals surface area contributed by atoms with E-state index in [0.29, 0.717) is 18.9 Å². The van der Waals surface area contributed by atoms with Crippen molar-refractivity contribution in [1.29, 1.82) is 0 Å². The van der Waals surface area contributed by atoms with Gasteiger partial charge in [0, 0.05) is 50.1 Å². The summed E-state index contributed by atoms with van der Waals surface area (Å²) in [4.78, 5) is 44.6. The van der Waals surface area contributed by atoms with Crippen LogP contribution in [-0.4, -0.2) is 40.0 Å². The van der Waals surface area contributed by atoms with E-state index in [1.165, 1.54) is 23.6 Å². The SMILES string of the molecule is Cn1c(=O)cc(N2CCC(C(=O)N3CCc4sccc4C3)CC2)[nH]c1=O. The summed E-state index contributed by atoms with van der Waals surface area (Å²) in [6.07, 6.45) is 2.43. The highest BCUT2D eigenvalue weighted by molar-refractivity contribution is 7.10. The summed E-state index contributed by atoms with van der Waals surface area (Å²) >= 11 is 1.77. The number of H-pyrrole nitrogens is 1. The standard InChI is InChI=1S/C18H22N4O3S/c1-20-16(23)10-15(19-18(20)25)21-6-2-12(3-7-21)17(24)22-8-4-14-13(11-22)5-9-26-14/h5,9-10,12H,2-4,6-8,11H2,1H3,(H,19,25). The average Bonchev–Trinajstić information content (AvgIpc) is 3.13. The second kappa shape index (κ2) is 6.75. The molecule has 138 valence electrons. The maximum Gasteiger partial charge on any atom is 0.329 e. The molecular formula is C18H22N4O3S. The summed E-state index contributed by atoms with van der Waals surface area (Å²) in [7, 11) is 1.45. The normalized spacial score (nSPS) is 18.0. The summed E-state index contributed by atoms with van der Waals surface area (Å²) in [5.74, 6) is 0.800. The molecule has 2 aliphatic heterocycles. The predicted molar refractivity (Wildman–Crippen MR) is 101 cm³/mol. The number of amides is 1. The van der Waals surface area contributed by atoms with Crippen molar-refractivity contribution >= 4 is 23.1 Å². The Hall–Kier alpha value is -2.35. The molecule has 0 unspecified atom stereocenters. The number of aromatic nitrogens is 2. The van der Waals surface area contributed by atoms with Gasteiger partial charge in [-0.1, -0.05) is 0 Å². The molecule has 0 aliphatic carbocycles. The largest absolute Gasteiger partial charge is 0.358 e. The number of anilines is 1. The van der Waals surface area contributed by atoms with Gasteiger partial charge < -0.3 is 9.80 Å². The van der Waals surface area contributed by atoms with E-state index in [9.17, 15) is 14.4 Å². The van der Waals surface area contributed by atoms with Crippen LogP contribution in [0.3, 0.4) is 0 Å². The molecule has 2 aliphatic rings. The van der Waals surface area contributed by atoms with Gasteiger partial charge in [-0.25, -0.2) is 4.79 Å². The molecule has 1 saturated heterocycles. The second-order valence-electron chi connectivity index (χ2n) is 7.00. The Morgan fingerprint density at radius 1 is 1.23 bits per heavy atom. The van der Waals surface area contributed by atoms with Gasteiger partial charge in [-0.2, -0.15) is 0 Å². The number of hydrogen-bond donors (Lipinski definition) is 1. The van der Waals surface area contributed by atoms with E-state index in [-0.39, 0.29) is 17.4 Å². The molecule has 0 atom stereocenters. The highest BCUT2D eigenvalue weighted by atomic mass is 32.1. The van der Waals surface area contributed by atoms with Crippen molar-refractivity contribution in [3.8, 4) is 0 Å². The zero-order valence-electron chi connectivity index (χ0n) is 14.7. The first-order valence-corrected chi connectivity index (χ1v) is 9.80. The number of hydrogen-bond acceptors (Lipinski definition) is 5. The third-order valence-corrected chi connectivity index (χ3v) is 6.46. The minimum absolute atomic E-state index is 0.0182. The monoisotopic (exact) mass is 374 g/mol. The highest BCUT2D eigenvalue weighted by Gasteiger charge is 2.31. The van der Waals surface area contributed by atoms with Crippen molar-refractivity contribution in [2.45, 2.75) is 25.8 Å². The van der Waals surface area contributed by atoms with Crippen molar-refractivity contribution in [2.24, 2.45) is 13.0 Å². The predicted octanol–water partition coefficient (Wildman–Crippen LogP) is 0.936. The van der Waals surface area contributed by atoms with Crippen LogP contribution in [0.4, 0.5) is 5.82 Å². The van der Waals surface area contributed by atoms with Crippen LogP contribution in [-0.2, 0) is 24.8 Å². The quantitative estimate of drug-likeness (QED) is 0.849. The summed E-state index contributed by atoms with van der Waals surface area (Å²) in [6.45, 7) is 2.85. The Kier molecular flexibility index (Phi) is 4.44. The maximum absolute atomic E-state index is 12.9. The lowest BCUT2D eigenvalue weighted by molar-refractivity contribution is -0.137. The highest BCUT2D eigenvalue weighted by Crippen LogP contribution is 2.28. The Balaban J connectivity index is 1.40. The lowest BCUT2D eigenvalue weighted by atomic mass is 9.94. The van der Waals surface area contributed by atoms with Crippen LogP contribution in [0.1, 0.15) is 23.3 Å². The number of rotatable bonds is 2. The lowest BCUT2D eigenvalue weighted by Crippen LogP contribution is -2.45. The molecule has 7 nitrogen and oxygen atoms in total. The van der Waals surface area contributed by atoms with E-state index in [0.717, 1.165) is 36.9 Å². The minimum Gasteiger partial charge on any atom is -0.358 e. The molecule has 0 bridgehead atoms. The van der Waals surface area contributed by atoms with Crippen molar-refractivity contribution in [2.75, 3.05) is 24.5 Å². The van der Waals surface area contributed by atoms with Gasteiger partial charge in [0.2, 0.25) is 5.91 Å². The number of thiophene rings is 1. The summed E-state index contributed by atoms with van der Waals surface area (Å²) in [6, 6.07) is 3.57. The first kappa shape index (κ1) is 17.1. The van der Waals surface area contributed by atoms with Crippen molar-refractivity contribution in [3.05, 3.63) is 48.8 Å². The van der Waals surface area contributed by atoms with Gasteiger partial charge in [0.15, 0.2) is 0 Å². The Labute approximate surface area is 154 Å². The van der Waals surface area contributed by atoms with Crippen LogP contribution >= 0.6 is 11.3 Å². The van der Waals surface area contributed by atoms with Crippen LogP contribution in [0.15, 0.2) is 27.1 Å². The molecule has 4 heterocycles. The van der Waals surface area contributed by atoms with Crippen LogP contribution in [0.5, 0.6) is 0 Å². The van der Waals surface area contributed by atoms with E-state index in [1.807, 2.05) is 9.80 Å². The van der Waals surface area contributed by atoms with Gasteiger partial charge in [-0.15, -0.1) is 11.3 Å². The smallest absolute Gasteiger partial charge is 0.329 e. The number of carbonyl (C=O) groups excluding carboxylic acids is 1. The molecule has 1 N–H and O–H groups in total. The average molecular weight is 374 g/mol. The van der Waals surface area contributed by atoms with Gasteiger partial charge in [0.05, 0.1) is 0 Å².